The molecule has 0 spiro atoms. The summed E-state index contributed by atoms with van der Waals surface area (Å²) in [5.74, 6) is 0.267. The van der Waals surface area contributed by atoms with Crippen LogP contribution in [0.15, 0.2) is 0 Å². The molecule has 0 aromatic rings. The number of carboxylic acids is 1. The molecule has 1 amide bonds. The minimum absolute atomic E-state index is 0.141. The molecule has 0 bridgehead atoms. The van der Waals surface area contributed by atoms with E-state index < -0.39 is 11.4 Å². The van der Waals surface area contributed by atoms with Gasteiger partial charge >= 0.3 is 5.97 Å². The van der Waals surface area contributed by atoms with Crippen LogP contribution in [0.2, 0.25) is 0 Å². The monoisotopic (exact) mass is 225 g/mol. The Kier molecular flexibility index (Phi) is 2.91. The summed E-state index contributed by atoms with van der Waals surface area (Å²) >= 11 is 0. The van der Waals surface area contributed by atoms with Crippen LogP contribution in [-0.4, -0.2) is 23.5 Å². The van der Waals surface area contributed by atoms with E-state index in [1.54, 1.807) is 0 Å². The number of nitrogens with one attached hydrogen (secondary N) is 1. The van der Waals surface area contributed by atoms with Gasteiger partial charge in [0.2, 0.25) is 5.91 Å². The van der Waals surface area contributed by atoms with Crippen molar-refractivity contribution in [2.24, 2.45) is 17.3 Å². The second-order valence-corrected chi connectivity index (χ2v) is 5.35. The molecule has 2 saturated carbocycles. The molecular formula is C12H19NO3. The molecule has 90 valence electrons. The van der Waals surface area contributed by atoms with E-state index in [1.807, 2.05) is 0 Å². The van der Waals surface area contributed by atoms with Crippen LogP contribution in [0, 0.1) is 17.3 Å². The predicted molar refractivity (Wildman–Crippen MR) is 58.8 cm³/mol. The third-order valence-electron chi connectivity index (χ3n) is 4.25. The van der Waals surface area contributed by atoms with E-state index in [1.165, 1.54) is 26.2 Å². The molecule has 4 heteroatoms. The maximum Gasteiger partial charge on any atom is 0.311 e. The summed E-state index contributed by atoms with van der Waals surface area (Å²) in [4.78, 5) is 22.3. The molecule has 2 N–H and O–H groups in total. The highest BCUT2D eigenvalue weighted by atomic mass is 16.4. The molecule has 2 aliphatic rings. The number of hydrogen-bond acceptors (Lipinski definition) is 2. The predicted octanol–water partition coefficient (Wildman–Crippen LogP) is 1.40. The van der Waals surface area contributed by atoms with Crippen molar-refractivity contribution in [2.75, 3.05) is 6.54 Å². The number of carbonyl (C=O) groups is 2. The number of aliphatic carboxylic acids is 1. The van der Waals surface area contributed by atoms with Crippen molar-refractivity contribution < 1.29 is 14.7 Å². The Morgan fingerprint density at radius 2 is 1.88 bits per heavy atom. The molecule has 0 heterocycles. The average Bonchev–Trinajstić information content (AvgIpc) is 2.72. The fraction of sp³-hybridized carbons (Fsp3) is 0.833. The first-order valence-corrected chi connectivity index (χ1v) is 6.01. The molecule has 2 rings (SSSR count). The Bertz CT molecular complexity index is 301. The fourth-order valence-electron chi connectivity index (χ4n) is 3.43. The van der Waals surface area contributed by atoms with Crippen LogP contribution in [0.1, 0.15) is 39.0 Å². The lowest BCUT2D eigenvalue weighted by molar-refractivity contribution is -0.149. The lowest BCUT2D eigenvalue weighted by Crippen LogP contribution is -2.41. The van der Waals surface area contributed by atoms with Crippen LogP contribution in [0.3, 0.4) is 0 Å². The zero-order chi connectivity index (χ0) is 11.8. The van der Waals surface area contributed by atoms with E-state index in [-0.39, 0.29) is 5.91 Å². The summed E-state index contributed by atoms with van der Waals surface area (Å²) in [6, 6.07) is 0. The molecule has 2 aliphatic carbocycles. The summed E-state index contributed by atoms with van der Waals surface area (Å²) in [5, 5.41) is 12.1. The van der Waals surface area contributed by atoms with Gasteiger partial charge in [0.1, 0.15) is 0 Å². The third-order valence-corrected chi connectivity index (χ3v) is 4.25. The summed E-state index contributed by atoms with van der Waals surface area (Å²) in [6.07, 6.45) is 5.06. The number of fused-ring (bicyclic) bond motifs is 1. The van der Waals surface area contributed by atoms with Crippen LogP contribution < -0.4 is 5.32 Å². The number of rotatable bonds is 3. The molecular weight excluding hydrogens is 206 g/mol. The zero-order valence-electron chi connectivity index (χ0n) is 9.66. The summed E-state index contributed by atoms with van der Waals surface area (Å²) in [7, 11) is 0. The maximum absolute atomic E-state index is 11.4. The van der Waals surface area contributed by atoms with E-state index in [4.69, 9.17) is 0 Å². The van der Waals surface area contributed by atoms with Crippen molar-refractivity contribution >= 4 is 11.9 Å². The van der Waals surface area contributed by atoms with Crippen molar-refractivity contribution in [3.63, 3.8) is 0 Å². The number of carbonyl (C=O) groups excluding carboxylic acids is 1. The third kappa shape index (κ3) is 1.93. The fourth-order valence-corrected chi connectivity index (χ4v) is 3.43. The molecule has 0 aromatic heterocycles. The Hall–Kier alpha value is -1.06. The zero-order valence-corrected chi connectivity index (χ0v) is 9.66. The van der Waals surface area contributed by atoms with Crippen LogP contribution >= 0.6 is 0 Å². The summed E-state index contributed by atoms with van der Waals surface area (Å²) < 4.78 is 0. The van der Waals surface area contributed by atoms with E-state index in [2.05, 4.69) is 5.32 Å². The minimum Gasteiger partial charge on any atom is -0.481 e. The number of hydrogen-bond donors (Lipinski definition) is 2. The van der Waals surface area contributed by atoms with Crippen LogP contribution in [-0.2, 0) is 9.59 Å². The lowest BCUT2D eigenvalue weighted by Gasteiger charge is -2.25. The minimum atomic E-state index is -0.740. The van der Waals surface area contributed by atoms with Gasteiger partial charge < -0.3 is 10.4 Å². The highest BCUT2D eigenvalue weighted by Gasteiger charge is 2.51. The molecule has 0 radical (unpaired) electrons. The Balaban J connectivity index is 2.06. The van der Waals surface area contributed by atoms with Gasteiger partial charge in [0, 0.05) is 13.5 Å². The van der Waals surface area contributed by atoms with Gasteiger partial charge in [-0.3, -0.25) is 9.59 Å². The van der Waals surface area contributed by atoms with Crippen LogP contribution in [0.25, 0.3) is 0 Å². The lowest BCUT2D eigenvalue weighted by atomic mass is 9.83. The highest BCUT2D eigenvalue weighted by molar-refractivity contribution is 5.78. The van der Waals surface area contributed by atoms with Gasteiger partial charge in [-0.25, -0.2) is 0 Å². The molecule has 4 nitrogen and oxygen atoms in total. The van der Waals surface area contributed by atoms with Crippen molar-refractivity contribution in [3.05, 3.63) is 0 Å². The topological polar surface area (TPSA) is 66.4 Å². The molecule has 2 fully saturated rings. The van der Waals surface area contributed by atoms with Gasteiger partial charge in [-0.1, -0.05) is 19.3 Å². The largest absolute Gasteiger partial charge is 0.481 e. The van der Waals surface area contributed by atoms with E-state index in [0.29, 0.717) is 18.4 Å². The summed E-state index contributed by atoms with van der Waals surface area (Å²) in [5.41, 5.74) is -0.693. The second kappa shape index (κ2) is 4.07. The van der Waals surface area contributed by atoms with Gasteiger partial charge in [0.15, 0.2) is 0 Å². The molecule has 0 aromatic carbocycles. The Morgan fingerprint density at radius 3 is 2.31 bits per heavy atom. The standard InChI is InChI=1S/C12H19NO3/c1-8(14)13-7-12(11(15)16)5-9-3-2-4-10(9)6-12/h9-10H,2-7H2,1H3,(H,13,14)(H,15,16). The van der Waals surface area contributed by atoms with Crippen molar-refractivity contribution in [2.45, 2.75) is 39.0 Å². The van der Waals surface area contributed by atoms with Gasteiger partial charge in [0.05, 0.1) is 5.41 Å². The van der Waals surface area contributed by atoms with Gasteiger partial charge in [-0.05, 0) is 24.7 Å². The number of carboxylic acid groups (broad SMARTS) is 1. The van der Waals surface area contributed by atoms with E-state index >= 15 is 0 Å². The van der Waals surface area contributed by atoms with Gasteiger partial charge in [-0.15, -0.1) is 0 Å². The van der Waals surface area contributed by atoms with Gasteiger partial charge in [-0.2, -0.15) is 0 Å². The average molecular weight is 225 g/mol. The van der Waals surface area contributed by atoms with Crippen molar-refractivity contribution in [1.29, 1.82) is 0 Å². The number of amides is 1. The van der Waals surface area contributed by atoms with E-state index in [9.17, 15) is 14.7 Å². The van der Waals surface area contributed by atoms with Crippen LogP contribution in [0.4, 0.5) is 0 Å². The Morgan fingerprint density at radius 1 is 1.31 bits per heavy atom. The van der Waals surface area contributed by atoms with Crippen molar-refractivity contribution in [1.82, 2.24) is 5.32 Å². The Labute approximate surface area is 95.4 Å². The highest BCUT2D eigenvalue weighted by Crippen LogP contribution is 2.52. The molecule has 16 heavy (non-hydrogen) atoms. The quantitative estimate of drug-likeness (QED) is 0.763. The molecule has 2 unspecified atom stereocenters. The van der Waals surface area contributed by atoms with Crippen molar-refractivity contribution in [3.8, 4) is 0 Å². The molecule has 0 saturated heterocycles. The SMILES string of the molecule is CC(=O)NCC1(C(=O)O)CC2CCCC2C1. The second-order valence-electron chi connectivity index (χ2n) is 5.35. The first-order valence-electron chi connectivity index (χ1n) is 6.01. The summed E-state index contributed by atoms with van der Waals surface area (Å²) in [6.45, 7) is 1.73. The smallest absolute Gasteiger partial charge is 0.311 e. The van der Waals surface area contributed by atoms with Gasteiger partial charge in [0.25, 0.3) is 0 Å². The van der Waals surface area contributed by atoms with E-state index in [0.717, 1.165) is 12.8 Å². The maximum atomic E-state index is 11.4. The normalized spacial score (nSPS) is 37.1. The molecule has 0 aliphatic heterocycles. The van der Waals surface area contributed by atoms with Crippen LogP contribution in [0.5, 0.6) is 0 Å². The first kappa shape index (κ1) is 11.4. The first-order chi connectivity index (χ1) is 7.53. The molecule has 2 atom stereocenters.